The van der Waals surface area contributed by atoms with Gasteiger partial charge in [0.2, 0.25) is 5.91 Å². The molecule has 17 heavy (non-hydrogen) atoms. The summed E-state index contributed by atoms with van der Waals surface area (Å²) in [4.78, 5) is 13.9. The number of hydrogen-bond donors (Lipinski definition) is 0. The minimum Gasteiger partial charge on any atom is -0.382 e. The van der Waals surface area contributed by atoms with Crippen molar-refractivity contribution in [3.63, 3.8) is 0 Å². The van der Waals surface area contributed by atoms with E-state index in [9.17, 15) is 4.79 Å². The smallest absolute Gasteiger partial charge is 0.227 e. The number of nitrogens with zero attached hydrogens (tertiary/aromatic N) is 1. The summed E-state index contributed by atoms with van der Waals surface area (Å²) in [7, 11) is 1.65. The predicted octanol–water partition coefficient (Wildman–Crippen LogP) is 2.85. The molecule has 1 aromatic rings. The molecule has 1 aromatic carbocycles. The first-order valence-corrected chi connectivity index (χ1v) is 5.90. The van der Waals surface area contributed by atoms with Crippen molar-refractivity contribution < 1.29 is 9.53 Å². The second kappa shape index (κ2) is 5.82. The predicted molar refractivity (Wildman–Crippen MR) is 70.2 cm³/mol. The second-order valence-electron chi connectivity index (χ2n) is 4.66. The lowest BCUT2D eigenvalue weighted by Crippen LogP contribution is -2.50. The van der Waals surface area contributed by atoms with E-state index in [1.807, 2.05) is 56.0 Å². The van der Waals surface area contributed by atoms with Gasteiger partial charge in [-0.2, -0.15) is 0 Å². The summed E-state index contributed by atoms with van der Waals surface area (Å²) in [5, 5.41) is 0. The van der Waals surface area contributed by atoms with Crippen molar-refractivity contribution in [3.8, 4) is 0 Å². The summed E-state index contributed by atoms with van der Waals surface area (Å²) in [5.74, 6) is 0.109. The number of carbonyl (C=O) groups is 1. The number of para-hydroxylation sites is 1. The van der Waals surface area contributed by atoms with Crippen molar-refractivity contribution in [2.45, 2.75) is 32.7 Å². The minimum atomic E-state index is -0.344. The topological polar surface area (TPSA) is 29.5 Å². The summed E-state index contributed by atoms with van der Waals surface area (Å²) in [6, 6.07) is 9.72. The van der Waals surface area contributed by atoms with E-state index >= 15 is 0 Å². The first kappa shape index (κ1) is 13.7. The first-order chi connectivity index (χ1) is 8.03. The fourth-order valence-corrected chi connectivity index (χ4v) is 1.98. The number of anilines is 1. The van der Waals surface area contributed by atoms with E-state index in [1.165, 1.54) is 0 Å². The maximum atomic E-state index is 12.1. The van der Waals surface area contributed by atoms with E-state index in [0.717, 1.165) is 5.69 Å². The highest BCUT2D eigenvalue weighted by molar-refractivity contribution is 5.94. The van der Waals surface area contributed by atoms with E-state index in [2.05, 4.69) is 0 Å². The Balaban J connectivity index is 3.09. The maximum absolute atomic E-state index is 12.1. The van der Waals surface area contributed by atoms with Gasteiger partial charge in [-0.3, -0.25) is 4.79 Å². The van der Waals surface area contributed by atoms with Crippen molar-refractivity contribution in [3.05, 3.63) is 30.3 Å². The Morgan fingerprint density at radius 3 is 2.35 bits per heavy atom. The molecule has 1 amide bonds. The molecule has 0 spiro atoms. The molecule has 0 N–H and O–H groups in total. The minimum absolute atomic E-state index is 0.109. The summed E-state index contributed by atoms with van der Waals surface area (Å²) >= 11 is 0. The van der Waals surface area contributed by atoms with Gasteiger partial charge in [0.1, 0.15) is 0 Å². The Bertz CT molecular complexity index is 360. The molecule has 0 atom stereocenters. The molecular weight excluding hydrogens is 214 g/mol. The Labute approximate surface area is 103 Å². The molecule has 94 valence electrons. The largest absolute Gasteiger partial charge is 0.382 e. The van der Waals surface area contributed by atoms with Gasteiger partial charge in [-0.15, -0.1) is 0 Å². The van der Waals surface area contributed by atoms with Gasteiger partial charge in [-0.05, 0) is 26.0 Å². The Morgan fingerprint density at radius 1 is 1.29 bits per heavy atom. The van der Waals surface area contributed by atoms with E-state index in [1.54, 1.807) is 7.11 Å². The fraction of sp³-hybridized carbons (Fsp3) is 0.500. The highest BCUT2D eigenvalue weighted by atomic mass is 16.5. The fourth-order valence-electron chi connectivity index (χ4n) is 1.98. The van der Waals surface area contributed by atoms with Gasteiger partial charge >= 0.3 is 0 Å². The number of carbonyl (C=O) groups excluding carboxylic acids is 1. The molecule has 3 nitrogen and oxygen atoms in total. The third-order valence-electron chi connectivity index (χ3n) is 2.67. The molecule has 0 radical (unpaired) electrons. The zero-order chi connectivity index (χ0) is 12.9. The lowest BCUT2D eigenvalue weighted by Gasteiger charge is -2.38. The Morgan fingerprint density at radius 2 is 1.88 bits per heavy atom. The normalized spacial score (nSPS) is 11.3. The quantitative estimate of drug-likeness (QED) is 0.785. The van der Waals surface area contributed by atoms with Crippen LogP contribution >= 0.6 is 0 Å². The van der Waals surface area contributed by atoms with Gasteiger partial charge in [-0.25, -0.2) is 0 Å². The summed E-state index contributed by atoms with van der Waals surface area (Å²) in [6.07, 6.45) is 0.488. The number of benzene rings is 1. The monoisotopic (exact) mass is 235 g/mol. The zero-order valence-corrected chi connectivity index (χ0v) is 11.1. The van der Waals surface area contributed by atoms with Crippen molar-refractivity contribution in [1.82, 2.24) is 0 Å². The SMILES string of the molecule is CCC(=O)N(c1ccccc1)C(C)(C)COC. The van der Waals surface area contributed by atoms with Gasteiger partial charge in [0, 0.05) is 19.2 Å². The van der Waals surface area contributed by atoms with Gasteiger partial charge in [-0.1, -0.05) is 25.1 Å². The lowest BCUT2D eigenvalue weighted by atomic mass is 10.0. The number of hydrogen-bond acceptors (Lipinski definition) is 2. The molecule has 1 rings (SSSR count). The van der Waals surface area contributed by atoms with Crippen LogP contribution < -0.4 is 4.90 Å². The molecule has 0 aliphatic heterocycles. The van der Waals surface area contributed by atoms with Crippen LogP contribution in [0.1, 0.15) is 27.2 Å². The third kappa shape index (κ3) is 3.30. The average Bonchev–Trinajstić information content (AvgIpc) is 2.30. The van der Waals surface area contributed by atoms with Gasteiger partial charge < -0.3 is 9.64 Å². The number of methoxy groups -OCH3 is 1. The highest BCUT2D eigenvalue weighted by Gasteiger charge is 2.31. The number of amides is 1. The standard InChI is InChI=1S/C14H21NO2/c1-5-13(16)15(14(2,3)11-17-4)12-9-7-6-8-10-12/h6-10H,5,11H2,1-4H3. The number of rotatable bonds is 5. The van der Waals surface area contributed by atoms with Crippen LogP contribution in [0.25, 0.3) is 0 Å². The van der Waals surface area contributed by atoms with Crippen LogP contribution in [0.15, 0.2) is 30.3 Å². The third-order valence-corrected chi connectivity index (χ3v) is 2.67. The lowest BCUT2D eigenvalue weighted by molar-refractivity contribution is -0.119. The van der Waals surface area contributed by atoms with Crippen LogP contribution in [-0.4, -0.2) is 25.2 Å². The average molecular weight is 235 g/mol. The van der Waals surface area contributed by atoms with E-state index < -0.39 is 0 Å². The first-order valence-electron chi connectivity index (χ1n) is 5.90. The van der Waals surface area contributed by atoms with Crippen LogP contribution in [0, 0.1) is 0 Å². The Hall–Kier alpha value is -1.35. The Kier molecular flexibility index (Phi) is 4.70. The maximum Gasteiger partial charge on any atom is 0.227 e. The van der Waals surface area contributed by atoms with Gasteiger partial charge in [0.15, 0.2) is 0 Å². The van der Waals surface area contributed by atoms with Crippen LogP contribution in [-0.2, 0) is 9.53 Å². The van der Waals surface area contributed by atoms with Crippen molar-refractivity contribution in [2.75, 3.05) is 18.6 Å². The molecule has 0 saturated carbocycles. The summed E-state index contributed by atoms with van der Waals surface area (Å²) in [6.45, 7) is 6.41. The van der Waals surface area contributed by atoms with E-state index in [4.69, 9.17) is 4.74 Å². The molecule has 0 aromatic heterocycles. The van der Waals surface area contributed by atoms with Crippen LogP contribution in [0.2, 0.25) is 0 Å². The molecule has 0 saturated heterocycles. The molecule has 0 aliphatic rings. The summed E-state index contributed by atoms with van der Waals surface area (Å²) < 4.78 is 5.21. The molecule has 0 aliphatic carbocycles. The van der Waals surface area contributed by atoms with Crippen LogP contribution in [0.3, 0.4) is 0 Å². The molecule has 3 heteroatoms. The van der Waals surface area contributed by atoms with E-state index in [-0.39, 0.29) is 11.4 Å². The molecule has 0 unspecified atom stereocenters. The zero-order valence-electron chi connectivity index (χ0n) is 11.1. The van der Waals surface area contributed by atoms with Crippen LogP contribution in [0.4, 0.5) is 5.69 Å². The van der Waals surface area contributed by atoms with Crippen molar-refractivity contribution in [1.29, 1.82) is 0 Å². The second-order valence-corrected chi connectivity index (χ2v) is 4.66. The molecule has 0 bridgehead atoms. The molecular formula is C14H21NO2. The van der Waals surface area contributed by atoms with Crippen LogP contribution in [0.5, 0.6) is 0 Å². The highest BCUT2D eigenvalue weighted by Crippen LogP contribution is 2.25. The summed E-state index contributed by atoms with van der Waals surface area (Å²) in [5.41, 5.74) is 0.574. The molecule has 0 fully saturated rings. The number of ether oxygens (including phenoxy) is 1. The molecule has 0 heterocycles. The van der Waals surface area contributed by atoms with Gasteiger partial charge in [0.05, 0.1) is 12.1 Å². The van der Waals surface area contributed by atoms with Crippen molar-refractivity contribution in [2.24, 2.45) is 0 Å². The van der Waals surface area contributed by atoms with Crippen molar-refractivity contribution >= 4 is 11.6 Å². The van der Waals surface area contributed by atoms with E-state index in [0.29, 0.717) is 13.0 Å². The van der Waals surface area contributed by atoms with Gasteiger partial charge in [0.25, 0.3) is 0 Å².